The number of carbonyl (C=O) groups excluding carboxylic acids is 1. The molecule has 0 bridgehead atoms. The zero-order valence-corrected chi connectivity index (χ0v) is 19.2. The largest absolute Gasteiger partial charge is 0.492 e. The van der Waals surface area contributed by atoms with Crippen molar-refractivity contribution in [2.24, 2.45) is 12.8 Å². The Morgan fingerprint density at radius 2 is 1.97 bits per heavy atom. The zero-order chi connectivity index (χ0) is 25.8. The van der Waals surface area contributed by atoms with E-state index in [1.165, 1.54) is 24.1 Å². The lowest BCUT2D eigenvalue weighted by Gasteiger charge is -2.13. The first-order valence-corrected chi connectivity index (χ1v) is 10.2. The molecule has 3 rings (SSSR count). The van der Waals surface area contributed by atoms with Gasteiger partial charge in [-0.05, 0) is 43.3 Å². The number of allylic oxidation sites excluding steroid dienone is 5. The van der Waals surface area contributed by atoms with Crippen LogP contribution in [0.2, 0.25) is 0 Å². The first-order valence-electron chi connectivity index (χ1n) is 10.2. The molecule has 0 atom stereocenters. The Bertz CT molecular complexity index is 1270. The molecule has 0 spiro atoms. The van der Waals surface area contributed by atoms with Crippen LogP contribution in [0.1, 0.15) is 12.6 Å². The van der Waals surface area contributed by atoms with Crippen LogP contribution in [0.4, 0.5) is 23.7 Å². The van der Waals surface area contributed by atoms with Gasteiger partial charge in [0.15, 0.2) is 0 Å². The van der Waals surface area contributed by atoms with Gasteiger partial charge in [-0.3, -0.25) is 9.58 Å². The monoisotopic (exact) mass is 488 g/mol. The van der Waals surface area contributed by atoms with E-state index in [2.05, 4.69) is 21.8 Å². The first kappa shape index (κ1) is 25.3. The summed E-state index contributed by atoms with van der Waals surface area (Å²) in [6.07, 6.45) is -0.131. The van der Waals surface area contributed by atoms with E-state index in [4.69, 9.17) is 15.0 Å². The molecule has 0 saturated heterocycles. The Hall–Kier alpha value is -4.35. The molecule has 0 aliphatic heterocycles. The van der Waals surface area contributed by atoms with Crippen molar-refractivity contribution in [3.05, 3.63) is 72.3 Å². The van der Waals surface area contributed by atoms with Crippen molar-refractivity contribution in [2.75, 3.05) is 11.9 Å². The predicted octanol–water partition coefficient (Wildman–Crippen LogP) is 4.75. The van der Waals surface area contributed by atoms with E-state index in [1.54, 1.807) is 43.0 Å². The fourth-order valence-electron chi connectivity index (χ4n) is 2.94. The maximum atomic E-state index is 12.8. The summed E-state index contributed by atoms with van der Waals surface area (Å²) in [4.78, 5) is 17.0. The first-order chi connectivity index (χ1) is 16.5. The van der Waals surface area contributed by atoms with Gasteiger partial charge < -0.3 is 15.0 Å². The number of urea groups is 1. The normalized spacial score (nSPS) is 12.5. The second-order valence-electron chi connectivity index (χ2n) is 7.39. The number of benzene rings is 1. The minimum atomic E-state index is -4.50. The lowest BCUT2D eigenvalue weighted by molar-refractivity contribution is -0.0881. The standard InChI is InChI=1S/C23H23F3N6O3/c1-5-16(23(24,25)26)9-6-14(2)34-13-19-18(12-28-32(19)4)21-29-20(30-35-21)15-7-10-17(11-8-15)31(3)22(27)33/h5-12H,1,13H2,2-4H3,(H2,27,33)/b14-6+,16-9+. The topological polar surface area (TPSA) is 112 Å². The van der Waals surface area contributed by atoms with Gasteiger partial charge in [-0.2, -0.15) is 23.3 Å². The van der Waals surface area contributed by atoms with Crippen LogP contribution in [-0.2, 0) is 18.4 Å². The molecule has 0 saturated carbocycles. The van der Waals surface area contributed by atoms with Gasteiger partial charge in [0, 0.05) is 25.3 Å². The number of hydrogen-bond donors (Lipinski definition) is 1. The van der Waals surface area contributed by atoms with Crippen molar-refractivity contribution < 1.29 is 27.2 Å². The molecular formula is C23H23F3N6O3. The van der Waals surface area contributed by atoms with Crippen LogP contribution in [0.25, 0.3) is 22.8 Å². The van der Waals surface area contributed by atoms with Crippen molar-refractivity contribution in [1.82, 2.24) is 19.9 Å². The zero-order valence-electron chi connectivity index (χ0n) is 19.2. The molecule has 0 aliphatic carbocycles. The number of ether oxygens (including phenoxy) is 1. The maximum Gasteiger partial charge on any atom is 0.416 e. The minimum Gasteiger partial charge on any atom is -0.492 e. The molecule has 0 radical (unpaired) electrons. The van der Waals surface area contributed by atoms with Gasteiger partial charge in [0.05, 0.1) is 28.8 Å². The molecule has 0 aliphatic rings. The number of aromatic nitrogens is 4. The summed E-state index contributed by atoms with van der Waals surface area (Å²) in [6, 6.07) is 6.24. The van der Waals surface area contributed by atoms with Crippen LogP contribution >= 0.6 is 0 Å². The number of aryl methyl sites for hydroxylation is 1. The number of amides is 2. The van der Waals surface area contributed by atoms with Crippen LogP contribution in [0.15, 0.2) is 71.1 Å². The fraction of sp³-hybridized carbons (Fsp3) is 0.217. The number of nitrogens with zero attached hydrogens (tertiary/aromatic N) is 5. The average Bonchev–Trinajstić information content (AvgIpc) is 3.43. The van der Waals surface area contributed by atoms with E-state index >= 15 is 0 Å². The maximum absolute atomic E-state index is 12.8. The van der Waals surface area contributed by atoms with Crippen molar-refractivity contribution in [2.45, 2.75) is 19.7 Å². The highest BCUT2D eigenvalue weighted by atomic mass is 19.4. The van der Waals surface area contributed by atoms with E-state index < -0.39 is 17.8 Å². The summed E-state index contributed by atoms with van der Waals surface area (Å²) >= 11 is 0. The van der Waals surface area contributed by atoms with Crippen LogP contribution in [0.3, 0.4) is 0 Å². The van der Waals surface area contributed by atoms with Crippen LogP contribution in [-0.4, -0.2) is 39.2 Å². The lowest BCUT2D eigenvalue weighted by atomic mass is 10.2. The molecule has 1 aromatic carbocycles. The minimum absolute atomic E-state index is 0.00328. The van der Waals surface area contributed by atoms with Gasteiger partial charge in [-0.25, -0.2) is 4.79 Å². The van der Waals surface area contributed by atoms with Crippen molar-refractivity contribution in [3.63, 3.8) is 0 Å². The molecule has 0 fully saturated rings. The molecule has 35 heavy (non-hydrogen) atoms. The number of alkyl halides is 3. The smallest absolute Gasteiger partial charge is 0.416 e. The van der Waals surface area contributed by atoms with Gasteiger partial charge in [0.25, 0.3) is 5.89 Å². The third kappa shape index (κ3) is 5.96. The van der Waals surface area contributed by atoms with E-state index in [9.17, 15) is 18.0 Å². The molecule has 184 valence electrons. The summed E-state index contributed by atoms with van der Waals surface area (Å²) in [6.45, 7) is 4.72. The highest BCUT2D eigenvalue weighted by Gasteiger charge is 2.30. The third-order valence-electron chi connectivity index (χ3n) is 5.04. The van der Waals surface area contributed by atoms with Crippen LogP contribution < -0.4 is 10.6 Å². The van der Waals surface area contributed by atoms with Crippen molar-refractivity contribution in [3.8, 4) is 22.8 Å². The Labute approximate surface area is 199 Å². The van der Waals surface area contributed by atoms with E-state index in [-0.39, 0.29) is 18.3 Å². The van der Waals surface area contributed by atoms with Crippen LogP contribution in [0.5, 0.6) is 0 Å². The summed E-state index contributed by atoms with van der Waals surface area (Å²) in [5, 5.41) is 8.18. The summed E-state index contributed by atoms with van der Waals surface area (Å²) in [5.74, 6) is 0.764. The summed E-state index contributed by atoms with van der Waals surface area (Å²) < 4.78 is 51.0. The molecule has 2 heterocycles. The second kappa shape index (κ2) is 10.3. The molecule has 2 amide bonds. The van der Waals surface area contributed by atoms with Gasteiger partial charge in [0.1, 0.15) is 6.61 Å². The molecular weight excluding hydrogens is 465 g/mol. The van der Waals surface area contributed by atoms with Gasteiger partial charge >= 0.3 is 12.2 Å². The molecule has 2 aromatic heterocycles. The van der Waals surface area contributed by atoms with E-state index in [0.717, 1.165) is 12.2 Å². The van der Waals surface area contributed by atoms with Crippen LogP contribution in [0, 0.1) is 0 Å². The number of anilines is 1. The Morgan fingerprint density at radius 3 is 2.57 bits per heavy atom. The van der Waals surface area contributed by atoms with Gasteiger partial charge in [-0.15, -0.1) is 0 Å². The fourth-order valence-corrected chi connectivity index (χ4v) is 2.94. The van der Waals surface area contributed by atoms with Gasteiger partial charge in [-0.1, -0.05) is 17.8 Å². The number of carbonyl (C=O) groups is 1. The molecule has 12 heteroatoms. The molecule has 2 N–H and O–H groups in total. The van der Waals surface area contributed by atoms with E-state index in [1.807, 2.05) is 0 Å². The highest BCUT2D eigenvalue weighted by Crippen LogP contribution is 2.28. The number of halogens is 3. The second-order valence-corrected chi connectivity index (χ2v) is 7.39. The Morgan fingerprint density at radius 1 is 1.29 bits per heavy atom. The number of primary amides is 1. The Balaban J connectivity index is 1.77. The van der Waals surface area contributed by atoms with Gasteiger partial charge in [0.2, 0.25) is 5.82 Å². The summed E-state index contributed by atoms with van der Waals surface area (Å²) in [7, 11) is 3.24. The molecule has 3 aromatic rings. The lowest BCUT2D eigenvalue weighted by Crippen LogP contribution is -2.31. The quantitative estimate of drug-likeness (QED) is 0.362. The highest BCUT2D eigenvalue weighted by molar-refractivity contribution is 5.90. The van der Waals surface area contributed by atoms with Crippen molar-refractivity contribution in [1.29, 1.82) is 0 Å². The molecule has 0 unspecified atom stereocenters. The SMILES string of the molecule is C=C/C(=C\C=C(/C)OCc1c(-c2nc(-c3ccc(N(C)C(N)=O)cc3)no2)cnn1C)C(F)(F)F. The number of nitrogens with two attached hydrogens (primary N) is 1. The van der Waals surface area contributed by atoms with Crippen molar-refractivity contribution >= 4 is 11.7 Å². The number of hydrogen-bond acceptors (Lipinski definition) is 6. The van der Waals surface area contributed by atoms with E-state index in [0.29, 0.717) is 28.3 Å². The Kier molecular flexibility index (Phi) is 7.43. The number of rotatable bonds is 8. The predicted molar refractivity (Wildman–Crippen MR) is 123 cm³/mol. The third-order valence-corrected chi connectivity index (χ3v) is 5.04. The average molecular weight is 488 g/mol. The molecule has 9 nitrogen and oxygen atoms in total. The summed E-state index contributed by atoms with van der Waals surface area (Å²) in [5.41, 5.74) is 6.74.